The second kappa shape index (κ2) is 12.9. The molecule has 1 unspecified atom stereocenters. The highest BCUT2D eigenvalue weighted by molar-refractivity contribution is 14.0. The Morgan fingerprint density at radius 1 is 1.23 bits per heavy atom. The molecule has 1 aliphatic rings. The summed E-state index contributed by atoms with van der Waals surface area (Å²) in [4.78, 5) is 7.21. The molecule has 1 saturated heterocycles. The number of hydrogen-bond donors (Lipinski definition) is 2. The SMILES string of the molecule is CCNC(=NCC(C)Oc1cccc(OC)c1)NC1CCN(c2cccs2)CC1.I. The van der Waals surface area contributed by atoms with E-state index in [1.165, 1.54) is 5.00 Å². The molecule has 1 aromatic heterocycles. The van der Waals surface area contributed by atoms with E-state index in [2.05, 4.69) is 40.0 Å². The number of rotatable bonds is 8. The lowest BCUT2D eigenvalue weighted by Crippen LogP contribution is -2.49. The van der Waals surface area contributed by atoms with Crippen molar-refractivity contribution in [1.82, 2.24) is 10.6 Å². The predicted octanol–water partition coefficient (Wildman–Crippen LogP) is 4.37. The van der Waals surface area contributed by atoms with Gasteiger partial charge in [0.1, 0.15) is 17.6 Å². The Morgan fingerprint density at radius 3 is 2.67 bits per heavy atom. The van der Waals surface area contributed by atoms with Crippen molar-refractivity contribution in [2.24, 2.45) is 4.99 Å². The highest BCUT2D eigenvalue weighted by Crippen LogP contribution is 2.25. The van der Waals surface area contributed by atoms with Crippen LogP contribution in [0.4, 0.5) is 5.00 Å². The molecule has 166 valence electrons. The van der Waals surface area contributed by atoms with Gasteiger partial charge < -0.3 is 25.0 Å². The predicted molar refractivity (Wildman–Crippen MR) is 137 cm³/mol. The van der Waals surface area contributed by atoms with E-state index in [9.17, 15) is 0 Å². The van der Waals surface area contributed by atoms with Crippen LogP contribution < -0.4 is 25.0 Å². The molecule has 2 aromatic rings. The van der Waals surface area contributed by atoms with Crippen LogP contribution in [0.15, 0.2) is 46.8 Å². The molecule has 0 saturated carbocycles. The molecule has 1 aliphatic heterocycles. The van der Waals surface area contributed by atoms with Crippen LogP contribution in [0.2, 0.25) is 0 Å². The van der Waals surface area contributed by atoms with E-state index in [-0.39, 0.29) is 30.1 Å². The van der Waals surface area contributed by atoms with E-state index in [4.69, 9.17) is 14.5 Å². The van der Waals surface area contributed by atoms with Gasteiger partial charge in [-0.1, -0.05) is 6.07 Å². The molecule has 30 heavy (non-hydrogen) atoms. The molecule has 0 aliphatic carbocycles. The van der Waals surface area contributed by atoms with E-state index in [0.29, 0.717) is 12.6 Å². The topological polar surface area (TPSA) is 58.1 Å². The van der Waals surface area contributed by atoms with Crippen molar-refractivity contribution in [3.63, 3.8) is 0 Å². The van der Waals surface area contributed by atoms with E-state index >= 15 is 0 Å². The third-order valence-electron chi connectivity index (χ3n) is 4.88. The molecule has 1 atom stereocenters. The van der Waals surface area contributed by atoms with Gasteiger partial charge in [0, 0.05) is 31.7 Å². The summed E-state index contributed by atoms with van der Waals surface area (Å²) in [5.74, 6) is 2.45. The van der Waals surface area contributed by atoms with Gasteiger partial charge in [-0.05, 0) is 56.3 Å². The Bertz CT molecular complexity index is 764. The summed E-state index contributed by atoms with van der Waals surface area (Å²) >= 11 is 1.81. The molecule has 0 radical (unpaired) electrons. The third-order valence-corrected chi connectivity index (χ3v) is 5.81. The Hall–Kier alpha value is -1.68. The minimum absolute atomic E-state index is 0. The zero-order chi connectivity index (χ0) is 20.5. The van der Waals surface area contributed by atoms with Crippen LogP contribution in [0.25, 0.3) is 0 Å². The van der Waals surface area contributed by atoms with Gasteiger partial charge in [-0.2, -0.15) is 0 Å². The number of thiophene rings is 1. The standard InChI is InChI=1S/C22H32N4O2S.HI/c1-4-23-22(24-16-17(2)28-20-8-5-7-19(15-20)27-3)25-18-10-12-26(13-11-18)21-9-6-14-29-21;/h5-9,14-15,17-18H,4,10-13,16H2,1-3H3,(H2,23,24,25);1H. The summed E-state index contributed by atoms with van der Waals surface area (Å²) in [6.45, 7) is 7.70. The fraction of sp³-hybridized carbons (Fsp3) is 0.500. The first-order valence-electron chi connectivity index (χ1n) is 10.3. The number of ether oxygens (including phenoxy) is 2. The number of guanidine groups is 1. The molecule has 3 rings (SSSR count). The summed E-state index contributed by atoms with van der Waals surface area (Å²) in [7, 11) is 1.66. The number of aliphatic imine (C=N–C) groups is 1. The molecular formula is C22H33IN4O2S. The Labute approximate surface area is 201 Å². The summed E-state index contributed by atoms with van der Waals surface area (Å²) < 4.78 is 11.2. The molecule has 0 bridgehead atoms. The maximum Gasteiger partial charge on any atom is 0.191 e. The zero-order valence-corrected chi connectivity index (χ0v) is 21.1. The number of nitrogens with zero attached hydrogens (tertiary/aromatic N) is 2. The van der Waals surface area contributed by atoms with Crippen LogP contribution in [0.5, 0.6) is 11.5 Å². The summed E-state index contributed by atoms with van der Waals surface area (Å²) in [5.41, 5.74) is 0. The molecule has 2 heterocycles. The third kappa shape index (κ3) is 7.54. The molecule has 8 heteroatoms. The van der Waals surface area contributed by atoms with Crippen molar-refractivity contribution in [1.29, 1.82) is 0 Å². The van der Waals surface area contributed by atoms with Crippen LogP contribution in [0, 0.1) is 0 Å². The van der Waals surface area contributed by atoms with Gasteiger partial charge >= 0.3 is 0 Å². The van der Waals surface area contributed by atoms with Crippen LogP contribution in [0.1, 0.15) is 26.7 Å². The molecule has 1 aromatic carbocycles. The monoisotopic (exact) mass is 544 g/mol. The molecule has 0 spiro atoms. The Balaban J connectivity index is 0.00000320. The minimum Gasteiger partial charge on any atom is -0.497 e. The Morgan fingerprint density at radius 2 is 2.00 bits per heavy atom. The van der Waals surface area contributed by atoms with Crippen molar-refractivity contribution in [2.75, 3.05) is 38.2 Å². The Kier molecular flexibility index (Phi) is 10.6. The fourth-order valence-corrected chi connectivity index (χ4v) is 4.16. The van der Waals surface area contributed by atoms with Gasteiger partial charge in [0.05, 0.1) is 18.7 Å². The van der Waals surface area contributed by atoms with Crippen molar-refractivity contribution < 1.29 is 9.47 Å². The second-order valence-corrected chi connectivity index (χ2v) is 8.11. The molecule has 6 nitrogen and oxygen atoms in total. The average Bonchev–Trinajstić information content (AvgIpc) is 3.28. The second-order valence-electron chi connectivity index (χ2n) is 7.18. The number of hydrogen-bond acceptors (Lipinski definition) is 5. The fourth-order valence-electron chi connectivity index (χ4n) is 3.37. The minimum atomic E-state index is -0.0294. The lowest BCUT2D eigenvalue weighted by atomic mass is 10.1. The van der Waals surface area contributed by atoms with Gasteiger partial charge in [-0.3, -0.25) is 0 Å². The van der Waals surface area contributed by atoms with E-state index < -0.39 is 0 Å². The summed E-state index contributed by atoms with van der Waals surface area (Å²) in [6, 6.07) is 12.4. The summed E-state index contributed by atoms with van der Waals surface area (Å²) in [6.07, 6.45) is 2.19. The van der Waals surface area contributed by atoms with Gasteiger partial charge in [-0.25, -0.2) is 4.99 Å². The zero-order valence-electron chi connectivity index (χ0n) is 18.0. The normalized spacial score (nSPS) is 15.8. The first-order valence-corrected chi connectivity index (χ1v) is 11.2. The van der Waals surface area contributed by atoms with Gasteiger partial charge in [-0.15, -0.1) is 35.3 Å². The van der Waals surface area contributed by atoms with Crippen molar-refractivity contribution in [3.8, 4) is 11.5 Å². The summed E-state index contributed by atoms with van der Waals surface area (Å²) in [5, 5.41) is 10.5. The quantitative estimate of drug-likeness (QED) is 0.294. The van der Waals surface area contributed by atoms with Crippen molar-refractivity contribution in [2.45, 2.75) is 38.8 Å². The highest BCUT2D eigenvalue weighted by Gasteiger charge is 2.20. The lowest BCUT2D eigenvalue weighted by molar-refractivity contribution is 0.229. The molecule has 0 amide bonds. The van der Waals surface area contributed by atoms with E-state index in [1.54, 1.807) is 7.11 Å². The van der Waals surface area contributed by atoms with E-state index in [0.717, 1.165) is 49.9 Å². The van der Waals surface area contributed by atoms with Gasteiger partial charge in [0.25, 0.3) is 0 Å². The van der Waals surface area contributed by atoms with Crippen LogP contribution >= 0.6 is 35.3 Å². The number of methoxy groups -OCH3 is 1. The highest BCUT2D eigenvalue weighted by atomic mass is 127. The van der Waals surface area contributed by atoms with Crippen LogP contribution in [-0.2, 0) is 0 Å². The largest absolute Gasteiger partial charge is 0.497 e. The van der Waals surface area contributed by atoms with Crippen LogP contribution in [-0.4, -0.2) is 51.4 Å². The van der Waals surface area contributed by atoms with Gasteiger partial charge in [0.2, 0.25) is 0 Å². The van der Waals surface area contributed by atoms with Gasteiger partial charge in [0.15, 0.2) is 5.96 Å². The van der Waals surface area contributed by atoms with Crippen molar-refractivity contribution in [3.05, 3.63) is 41.8 Å². The first kappa shape index (κ1) is 24.6. The maximum absolute atomic E-state index is 5.98. The number of halogens is 1. The molecule has 2 N–H and O–H groups in total. The maximum atomic E-state index is 5.98. The van der Waals surface area contributed by atoms with Crippen molar-refractivity contribution >= 4 is 46.3 Å². The molecule has 1 fully saturated rings. The smallest absolute Gasteiger partial charge is 0.191 e. The average molecular weight is 545 g/mol. The van der Waals surface area contributed by atoms with Crippen LogP contribution in [0.3, 0.4) is 0 Å². The first-order chi connectivity index (χ1) is 14.2. The number of benzene rings is 1. The lowest BCUT2D eigenvalue weighted by Gasteiger charge is -2.33. The molecular weight excluding hydrogens is 511 g/mol. The van der Waals surface area contributed by atoms with E-state index in [1.807, 2.05) is 42.5 Å². The number of anilines is 1. The number of piperidine rings is 1. The number of nitrogens with one attached hydrogen (secondary N) is 2.